The molecule has 0 spiro atoms. The van der Waals surface area contributed by atoms with Crippen LogP contribution in [-0.2, 0) is 4.74 Å². The van der Waals surface area contributed by atoms with Crippen molar-refractivity contribution < 1.29 is 23.7 Å². The number of hydrogen-bond acceptors (Lipinski definition) is 9. The van der Waals surface area contributed by atoms with E-state index in [1.54, 1.807) is 20.4 Å². The number of ether oxygens (including phenoxy) is 5. The molecule has 0 saturated carbocycles. The van der Waals surface area contributed by atoms with E-state index in [-0.39, 0.29) is 37.7 Å². The fraction of sp³-hybridized carbons (Fsp3) is 0.379. The van der Waals surface area contributed by atoms with Crippen LogP contribution in [-0.4, -0.2) is 63.7 Å². The summed E-state index contributed by atoms with van der Waals surface area (Å²) >= 11 is 6.58. The van der Waals surface area contributed by atoms with Crippen molar-refractivity contribution in [3.63, 3.8) is 0 Å². The number of piperidine rings is 1. The quantitative estimate of drug-likeness (QED) is 0.267. The van der Waals surface area contributed by atoms with E-state index in [0.29, 0.717) is 68.9 Å². The predicted molar refractivity (Wildman–Crippen MR) is 165 cm³/mol. The van der Waals surface area contributed by atoms with Crippen LogP contribution in [0.5, 0.6) is 23.0 Å². The number of nitrogens with zero attached hydrogens (tertiary/aromatic N) is 3. The molecule has 41 heavy (non-hydrogen) atoms. The maximum absolute atomic E-state index is 10.0. The van der Waals surface area contributed by atoms with Crippen molar-refractivity contribution >= 4 is 63.7 Å². The van der Waals surface area contributed by atoms with Crippen LogP contribution in [0.4, 0.5) is 11.4 Å². The zero-order chi connectivity index (χ0) is 27.4. The summed E-state index contributed by atoms with van der Waals surface area (Å²) in [5.41, 5.74) is 2.95. The third kappa shape index (κ3) is 7.03. The second-order valence-corrected chi connectivity index (χ2v) is 9.89. The summed E-state index contributed by atoms with van der Waals surface area (Å²) in [4.78, 5) is 6.84. The smallest absolute Gasteiger partial charge is 0.231 e. The van der Waals surface area contributed by atoms with Gasteiger partial charge in [0.25, 0.3) is 0 Å². The number of methoxy groups -OCH3 is 2. The zero-order valence-electron chi connectivity index (χ0n) is 23.1. The normalized spacial score (nSPS) is 15.0. The van der Waals surface area contributed by atoms with Crippen molar-refractivity contribution in [2.75, 3.05) is 53.1 Å². The van der Waals surface area contributed by atoms with E-state index in [4.69, 9.17) is 35.3 Å². The van der Waals surface area contributed by atoms with Crippen LogP contribution >= 0.6 is 36.4 Å². The number of likely N-dealkylation sites (tertiary alicyclic amines) is 1. The van der Waals surface area contributed by atoms with Crippen molar-refractivity contribution in [3.05, 3.63) is 47.7 Å². The number of hydrogen-bond donors (Lipinski definition) is 1. The Kier molecular flexibility index (Phi) is 11.6. The monoisotopic (exact) mass is 622 g/mol. The number of halogens is 3. The maximum atomic E-state index is 10.0. The van der Waals surface area contributed by atoms with Gasteiger partial charge in [-0.25, -0.2) is 0 Å². The molecule has 3 heterocycles. The first-order valence-electron chi connectivity index (χ1n) is 12.8. The molecule has 220 valence electrons. The molecule has 1 fully saturated rings. The average molecular weight is 624 g/mol. The number of anilines is 2. The molecule has 0 atom stereocenters. The van der Waals surface area contributed by atoms with Crippen LogP contribution in [0.2, 0.25) is 0 Å². The van der Waals surface area contributed by atoms with E-state index >= 15 is 0 Å². The molecule has 1 saturated heterocycles. The predicted octanol–water partition coefficient (Wildman–Crippen LogP) is 6.52. The van der Waals surface area contributed by atoms with Gasteiger partial charge in [0, 0.05) is 55.7 Å². The molecule has 2 aromatic carbocycles. The molecule has 0 radical (unpaired) electrons. The molecular formula is C29H33Cl3N4O5. The molecule has 0 aliphatic carbocycles. The highest BCUT2D eigenvalue weighted by atomic mass is 35.5. The van der Waals surface area contributed by atoms with Crippen LogP contribution in [0.15, 0.2) is 36.5 Å². The fourth-order valence-electron chi connectivity index (χ4n) is 4.80. The molecule has 9 nitrogen and oxygen atoms in total. The average Bonchev–Trinajstić information content (AvgIpc) is 3.45. The van der Waals surface area contributed by atoms with E-state index in [2.05, 4.69) is 28.3 Å². The molecule has 5 rings (SSSR count). The largest absolute Gasteiger partial charge is 0.497 e. The van der Waals surface area contributed by atoms with Crippen molar-refractivity contribution in [1.82, 2.24) is 9.88 Å². The Labute approximate surface area is 257 Å². The van der Waals surface area contributed by atoms with Crippen LogP contribution in [0.25, 0.3) is 15.9 Å². The molecule has 0 amide bonds. The number of nitrogens with one attached hydrogen (secondary N) is 1. The van der Waals surface area contributed by atoms with Gasteiger partial charge in [-0.3, -0.25) is 4.98 Å². The summed E-state index contributed by atoms with van der Waals surface area (Å²) in [7, 11) is 5.37. The van der Waals surface area contributed by atoms with Crippen molar-refractivity contribution in [2.45, 2.75) is 25.4 Å². The summed E-state index contributed by atoms with van der Waals surface area (Å²) < 4.78 is 28.9. The Morgan fingerprint density at radius 3 is 2.66 bits per heavy atom. The highest BCUT2D eigenvalue weighted by molar-refractivity contribution is 6.49. The number of fused-ring (bicyclic) bond motifs is 2. The second-order valence-electron chi connectivity index (χ2n) is 9.48. The van der Waals surface area contributed by atoms with Gasteiger partial charge in [0.05, 0.1) is 35.0 Å². The van der Waals surface area contributed by atoms with E-state index < -0.39 is 0 Å². The van der Waals surface area contributed by atoms with Gasteiger partial charge in [0.15, 0.2) is 11.5 Å². The highest BCUT2D eigenvalue weighted by Gasteiger charge is 2.26. The number of rotatable bonds is 9. The lowest BCUT2D eigenvalue weighted by Crippen LogP contribution is -2.35. The van der Waals surface area contributed by atoms with Crippen LogP contribution < -0.4 is 24.3 Å². The van der Waals surface area contributed by atoms with E-state index in [1.807, 2.05) is 30.3 Å². The minimum absolute atomic E-state index is 0. The summed E-state index contributed by atoms with van der Waals surface area (Å²) in [6, 6.07) is 9.69. The Morgan fingerprint density at radius 1 is 1.20 bits per heavy atom. The Bertz CT molecular complexity index is 1440. The van der Waals surface area contributed by atoms with Gasteiger partial charge in [-0.05, 0) is 38.4 Å². The summed E-state index contributed by atoms with van der Waals surface area (Å²) in [5.74, 6) is 2.30. The first-order valence-corrected chi connectivity index (χ1v) is 13.2. The van der Waals surface area contributed by atoms with Crippen LogP contribution in [0.1, 0.15) is 30.4 Å². The van der Waals surface area contributed by atoms with E-state index in [1.165, 1.54) is 0 Å². The summed E-state index contributed by atoms with van der Waals surface area (Å²) in [5, 5.41) is 14.7. The zero-order valence-corrected chi connectivity index (χ0v) is 25.5. The molecule has 1 aromatic heterocycles. The third-order valence-electron chi connectivity index (χ3n) is 6.90. The lowest BCUT2D eigenvalue weighted by Gasteiger charge is -2.30. The van der Waals surface area contributed by atoms with Crippen molar-refractivity contribution in [1.29, 1.82) is 5.26 Å². The molecule has 12 heteroatoms. The second kappa shape index (κ2) is 14.7. The fourth-order valence-corrected chi connectivity index (χ4v) is 5.06. The third-order valence-corrected chi connectivity index (χ3v) is 7.26. The van der Waals surface area contributed by atoms with E-state index in [0.717, 1.165) is 31.5 Å². The first kappa shape index (κ1) is 32.4. The van der Waals surface area contributed by atoms with Crippen molar-refractivity contribution in [2.24, 2.45) is 0 Å². The number of pyridine rings is 1. The van der Waals surface area contributed by atoms with Gasteiger partial charge in [-0.15, -0.1) is 24.8 Å². The standard InChI is InChI=1S/C29H31ClN4O5.2ClH/c1-34-10-8-19(9-11-34)39-25-14-20(36-3)13-24-26(25)27(18(15-31)16-32-24)33-23-7-6-21(22(30)5-4-12-35-2)28-29(23)38-17-37-28;;/h5-7,13-14,16,19H,4,8-12,17H2,1-3H3,(H,32,33);2*1H. The molecule has 2 aliphatic rings. The lowest BCUT2D eigenvalue weighted by molar-refractivity contribution is 0.115. The van der Waals surface area contributed by atoms with Crippen LogP contribution in [0, 0.1) is 11.3 Å². The molecule has 3 aromatic rings. The Morgan fingerprint density at radius 2 is 1.95 bits per heavy atom. The minimum Gasteiger partial charge on any atom is -0.497 e. The molecule has 1 N–H and O–H groups in total. The first-order chi connectivity index (χ1) is 19.0. The van der Waals surface area contributed by atoms with Gasteiger partial charge in [-0.1, -0.05) is 17.7 Å². The van der Waals surface area contributed by atoms with Gasteiger partial charge < -0.3 is 33.9 Å². The van der Waals surface area contributed by atoms with Crippen molar-refractivity contribution in [3.8, 4) is 29.1 Å². The Hall–Kier alpha value is -3.13. The van der Waals surface area contributed by atoms with Gasteiger partial charge >= 0.3 is 0 Å². The molecular weight excluding hydrogens is 591 g/mol. The number of nitriles is 1. The molecule has 0 unspecified atom stereocenters. The van der Waals surface area contributed by atoms with Gasteiger partial charge in [-0.2, -0.15) is 5.26 Å². The topological polar surface area (TPSA) is 98.1 Å². The molecule has 2 aliphatic heterocycles. The minimum atomic E-state index is 0. The lowest BCUT2D eigenvalue weighted by atomic mass is 10.1. The molecule has 0 bridgehead atoms. The van der Waals surface area contributed by atoms with Crippen LogP contribution in [0.3, 0.4) is 0 Å². The Balaban J connectivity index is 0.00000231. The summed E-state index contributed by atoms with van der Waals surface area (Å²) in [6.07, 6.45) is 5.96. The number of benzene rings is 2. The van der Waals surface area contributed by atoms with E-state index in [9.17, 15) is 5.26 Å². The number of aromatic nitrogens is 1. The highest BCUT2D eigenvalue weighted by Crippen LogP contribution is 2.48. The van der Waals surface area contributed by atoms with Gasteiger partial charge in [0.2, 0.25) is 6.79 Å². The summed E-state index contributed by atoms with van der Waals surface area (Å²) in [6.45, 7) is 2.54. The van der Waals surface area contributed by atoms with Gasteiger partial charge in [0.1, 0.15) is 23.7 Å². The SMILES string of the molecule is COCCC=C(Cl)c1ccc(Nc2c(C#N)cnc3cc(OC)cc(OC4CCN(C)CC4)c23)c2c1OCO2.Cl.Cl. The maximum Gasteiger partial charge on any atom is 0.231 e.